The lowest BCUT2D eigenvalue weighted by molar-refractivity contribution is 0.569. The number of hydrogen-bond donors (Lipinski definition) is 0. The van der Waals surface area contributed by atoms with Crippen LogP contribution < -0.4 is 0 Å². The van der Waals surface area contributed by atoms with Gasteiger partial charge < -0.3 is 0 Å². The highest BCUT2D eigenvalue weighted by Gasteiger charge is 1.91. The quantitative estimate of drug-likeness (QED) is 0.393. The molecule has 0 fully saturated rings. The third-order valence-electron chi connectivity index (χ3n) is 2.18. The molecule has 0 unspecified atom stereocenters. The molecule has 0 saturated heterocycles. The van der Waals surface area contributed by atoms with Gasteiger partial charge in [-0.05, 0) is 6.42 Å². The minimum atomic E-state index is 0.946. The first kappa shape index (κ1) is 13.0. The number of unbranched alkanes of at least 4 members (excludes halogenated alkanes) is 7. The van der Waals surface area contributed by atoms with Crippen molar-refractivity contribution in [3.63, 3.8) is 0 Å². The van der Waals surface area contributed by atoms with Crippen LogP contribution in [0.25, 0.3) is 0 Å². The highest BCUT2D eigenvalue weighted by atomic mass is 32.2. The van der Waals surface area contributed by atoms with Gasteiger partial charge in [0.05, 0.1) is 0 Å². The van der Waals surface area contributed by atoms with E-state index in [1.54, 1.807) is 0 Å². The predicted octanol–water partition coefficient (Wildman–Crippen LogP) is 4.05. The van der Waals surface area contributed by atoms with Crippen LogP contribution in [0.3, 0.4) is 0 Å². The molecule has 0 atom stereocenters. The van der Waals surface area contributed by atoms with Crippen LogP contribution in [-0.4, -0.2) is 11.4 Å². The number of carbonyl (C=O) groups is 1. The Hall–Kier alpha value is 0.0200. The molecule has 0 bridgehead atoms. The maximum absolute atomic E-state index is 9.97. The van der Waals surface area contributed by atoms with Crippen LogP contribution in [0.5, 0.6) is 0 Å². The third kappa shape index (κ3) is 12.0. The SMILES string of the molecule is CCCCCCCCCCSC=O. The molecular formula is C11H22OS. The molecular weight excluding hydrogens is 180 g/mol. The summed E-state index contributed by atoms with van der Waals surface area (Å²) in [6, 6.07) is 0. The molecule has 0 rings (SSSR count). The molecule has 78 valence electrons. The van der Waals surface area contributed by atoms with Crippen LogP contribution in [0.4, 0.5) is 0 Å². The van der Waals surface area contributed by atoms with Crippen molar-refractivity contribution in [3.05, 3.63) is 0 Å². The van der Waals surface area contributed by atoms with Gasteiger partial charge in [-0.15, -0.1) is 0 Å². The minimum absolute atomic E-state index is 0.946. The Balaban J connectivity index is 2.79. The lowest BCUT2D eigenvalue weighted by Crippen LogP contribution is -1.82. The molecule has 0 N–H and O–H groups in total. The Labute approximate surface area is 86.7 Å². The molecule has 0 radical (unpaired) electrons. The molecule has 0 aromatic carbocycles. The Morgan fingerprint density at radius 3 is 2.00 bits per heavy atom. The fourth-order valence-electron chi connectivity index (χ4n) is 1.37. The Morgan fingerprint density at radius 2 is 1.46 bits per heavy atom. The lowest BCUT2D eigenvalue weighted by Gasteiger charge is -1.99. The summed E-state index contributed by atoms with van der Waals surface area (Å²) in [5, 5.41) is 0. The topological polar surface area (TPSA) is 17.1 Å². The maximum atomic E-state index is 9.97. The second kappa shape index (κ2) is 12.0. The van der Waals surface area contributed by atoms with Crippen molar-refractivity contribution in [3.8, 4) is 0 Å². The molecule has 0 aliphatic carbocycles. The van der Waals surface area contributed by atoms with Gasteiger partial charge in [0.15, 0.2) is 5.62 Å². The lowest BCUT2D eigenvalue weighted by atomic mass is 10.1. The van der Waals surface area contributed by atoms with E-state index < -0.39 is 0 Å². The first-order valence-corrected chi connectivity index (χ1v) is 6.52. The van der Waals surface area contributed by atoms with Crippen molar-refractivity contribution >= 4 is 17.4 Å². The molecule has 13 heavy (non-hydrogen) atoms. The van der Waals surface area contributed by atoms with Crippen LogP contribution in [0.2, 0.25) is 0 Å². The molecule has 0 aliphatic heterocycles. The van der Waals surface area contributed by atoms with Gasteiger partial charge in [-0.3, -0.25) is 4.79 Å². The Bertz CT molecular complexity index is 104. The van der Waals surface area contributed by atoms with Gasteiger partial charge >= 0.3 is 0 Å². The smallest absolute Gasteiger partial charge is 0.176 e. The van der Waals surface area contributed by atoms with E-state index in [0.717, 1.165) is 11.4 Å². The average Bonchev–Trinajstić information content (AvgIpc) is 2.16. The highest BCUT2D eigenvalue weighted by molar-refractivity contribution is 8.11. The van der Waals surface area contributed by atoms with Gasteiger partial charge in [0, 0.05) is 5.75 Å². The molecule has 0 aliphatic rings. The zero-order valence-corrected chi connectivity index (χ0v) is 9.57. The molecule has 0 heterocycles. The monoisotopic (exact) mass is 202 g/mol. The van der Waals surface area contributed by atoms with E-state index in [1.807, 2.05) is 0 Å². The molecule has 1 nitrogen and oxygen atoms in total. The van der Waals surface area contributed by atoms with Crippen molar-refractivity contribution in [2.45, 2.75) is 58.3 Å². The first-order chi connectivity index (χ1) is 6.41. The van der Waals surface area contributed by atoms with Gasteiger partial charge in [-0.1, -0.05) is 63.6 Å². The zero-order chi connectivity index (χ0) is 9.78. The molecule has 2 heteroatoms. The van der Waals surface area contributed by atoms with Gasteiger partial charge in [0.25, 0.3) is 0 Å². The average molecular weight is 202 g/mol. The summed E-state index contributed by atoms with van der Waals surface area (Å²) in [6.07, 6.45) is 10.8. The van der Waals surface area contributed by atoms with E-state index in [-0.39, 0.29) is 0 Å². The van der Waals surface area contributed by atoms with E-state index in [0.29, 0.717) is 0 Å². The van der Waals surface area contributed by atoms with E-state index in [2.05, 4.69) is 6.92 Å². The normalized spacial score (nSPS) is 10.2. The van der Waals surface area contributed by atoms with Crippen LogP contribution >= 0.6 is 11.8 Å². The van der Waals surface area contributed by atoms with Crippen LogP contribution in [-0.2, 0) is 4.79 Å². The van der Waals surface area contributed by atoms with Crippen molar-refractivity contribution < 1.29 is 4.79 Å². The minimum Gasteiger partial charge on any atom is -0.291 e. The third-order valence-corrected chi connectivity index (χ3v) is 2.84. The van der Waals surface area contributed by atoms with Crippen LogP contribution in [0.1, 0.15) is 58.3 Å². The fraction of sp³-hybridized carbons (Fsp3) is 0.909. The second-order valence-corrected chi connectivity index (χ2v) is 4.38. The largest absolute Gasteiger partial charge is 0.291 e. The van der Waals surface area contributed by atoms with Crippen LogP contribution in [0, 0.1) is 0 Å². The second-order valence-electron chi connectivity index (χ2n) is 3.44. The molecule has 0 saturated carbocycles. The molecule has 0 aromatic rings. The van der Waals surface area contributed by atoms with Crippen molar-refractivity contribution in [2.75, 3.05) is 5.75 Å². The van der Waals surface area contributed by atoms with E-state index >= 15 is 0 Å². The molecule has 0 aromatic heterocycles. The summed E-state index contributed by atoms with van der Waals surface area (Å²) in [7, 11) is 0. The molecule has 0 spiro atoms. The Morgan fingerprint density at radius 1 is 0.923 bits per heavy atom. The van der Waals surface area contributed by atoms with E-state index in [4.69, 9.17) is 0 Å². The molecule has 0 amide bonds. The summed E-state index contributed by atoms with van der Waals surface area (Å²) in [5.41, 5.74) is 0.946. The van der Waals surface area contributed by atoms with Crippen molar-refractivity contribution in [1.82, 2.24) is 0 Å². The summed E-state index contributed by atoms with van der Waals surface area (Å²) in [5.74, 6) is 1.01. The fourth-order valence-corrected chi connectivity index (χ4v) is 1.83. The van der Waals surface area contributed by atoms with Gasteiger partial charge in [0.2, 0.25) is 0 Å². The number of carbonyl (C=O) groups excluding carboxylic acids is 1. The summed E-state index contributed by atoms with van der Waals surface area (Å²) >= 11 is 1.40. The number of rotatable bonds is 10. The van der Waals surface area contributed by atoms with Crippen molar-refractivity contribution in [2.24, 2.45) is 0 Å². The van der Waals surface area contributed by atoms with Crippen molar-refractivity contribution in [1.29, 1.82) is 0 Å². The summed E-state index contributed by atoms with van der Waals surface area (Å²) in [6.45, 7) is 2.25. The standard InChI is InChI=1S/C11H22OS/c1-2-3-4-5-6-7-8-9-10-13-11-12/h11H,2-10H2,1H3. The van der Waals surface area contributed by atoms with Gasteiger partial charge in [0.1, 0.15) is 0 Å². The van der Waals surface area contributed by atoms with E-state index in [1.165, 1.54) is 63.1 Å². The Kier molecular flexibility index (Phi) is 12.0. The van der Waals surface area contributed by atoms with Gasteiger partial charge in [-0.25, -0.2) is 0 Å². The maximum Gasteiger partial charge on any atom is 0.176 e. The summed E-state index contributed by atoms with van der Waals surface area (Å²) in [4.78, 5) is 9.97. The number of thioether (sulfide) groups is 1. The zero-order valence-electron chi connectivity index (χ0n) is 8.76. The van der Waals surface area contributed by atoms with Gasteiger partial charge in [-0.2, -0.15) is 0 Å². The first-order valence-electron chi connectivity index (χ1n) is 5.47. The van der Waals surface area contributed by atoms with E-state index in [9.17, 15) is 4.79 Å². The highest BCUT2D eigenvalue weighted by Crippen LogP contribution is 2.09. The summed E-state index contributed by atoms with van der Waals surface area (Å²) < 4.78 is 0. The predicted molar refractivity (Wildman–Crippen MR) is 61.8 cm³/mol. The number of hydrogen-bond acceptors (Lipinski definition) is 2. The van der Waals surface area contributed by atoms with Crippen LogP contribution in [0.15, 0.2) is 0 Å².